The Balaban J connectivity index is 2.28. The molecule has 1 aliphatic rings. The van der Waals surface area contributed by atoms with Gasteiger partial charge in [-0.2, -0.15) is 11.8 Å². The third kappa shape index (κ3) is 5.76. The maximum atomic E-state index is 12.0. The first-order valence-electron chi connectivity index (χ1n) is 6.62. The second-order valence-electron chi connectivity index (χ2n) is 4.88. The van der Waals surface area contributed by atoms with Gasteiger partial charge < -0.3 is 10.0 Å². The van der Waals surface area contributed by atoms with Crippen molar-refractivity contribution in [3.63, 3.8) is 0 Å². The van der Waals surface area contributed by atoms with E-state index in [1.807, 2.05) is 11.2 Å². The summed E-state index contributed by atoms with van der Waals surface area (Å²) >= 11 is 1.77. The highest BCUT2D eigenvalue weighted by molar-refractivity contribution is 7.98. The van der Waals surface area contributed by atoms with Crippen molar-refractivity contribution in [3.8, 4) is 0 Å². The lowest BCUT2D eigenvalue weighted by Gasteiger charge is -2.32. The zero-order chi connectivity index (χ0) is 13.4. The van der Waals surface area contributed by atoms with Crippen LogP contribution in [0.3, 0.4) is 0 Å². The number of carboxylic acid groups (broad SMARTS) is 1. The molecule has 18 heavy (non-hydrogen) atoms. The Bertz CT molecular complexity index is 283. The predicted octanol–water partition coefficient (Wildman–Crippen LogP) is 2.23. The van der Waals surface area contributed by atoms with Crippen molar-refractivity contribution in [2.75, 3.05) is 25.1 Å². The number of amides is 1. The fraction of sp³-hybridized carbons (Fsp3) is 0.846. The van der Waals surface area contributed by atoms with Gasteiger partial charge in [0.05, 0.1) is 0 Å². The van der Waals surface area contributed by atoms with Crippen LogP contribution in [0.4, 0.5) is 0 Å². The van der Waals surface area contributed by atoms with E-state index < -0.39 is 5.97 Å². The molecule has 0 aliphatic carbocycles. The van der Waals surface area contributed by atoms with Crippen molar-refractivity contribution < 1.29 is 14.7 Å². The third-order valence-electron chi connectivity index (χ3n) is 3.38. The zero-order valence-corrected chi connectivity index (χ0v) is 11.9. The second-order valence-corrected chi connectivity index (χ2v) is 5.86. The lowest BCUT2D eigenvalue weighted by molar-refractivity contribution is -0.137. The lowest BCUT2D eigenvalue weighted by atomic mass is 9.93. The van der Waals surface area contributed by atoms with Gasteiger partial charge in [-0.05, 0) is 43.6 Å². The number of rotatable bonds is 7. The molecule has 0 aromatic rings. The van der Waals surface area contributed by atoms with Crippen LogP contribution in [0.15, 0.2) is 0 Å². The molecule has 0 aromatic heterocycles. The van der Waals surface area contributed by atoms with Crippen molar-refractivity contribution in [3.05, 3.63) is 0 Å². The smallest absolute Gasteiger partial charge is 0.303 e. The van der Waals surface area contributed by atoms with Gasteiger partial charge in [0.1, 0.15) is 0 Å². The molecule has 104 valence electrons. The standard InChI is InChI=1S/C13H23NO3S/c1-18-9-3-5-12(15)14-8-2-4-11(10-14)6-7-13(16)17/h11H,2-10H2,1H3,(H,16,17). The van der Waals surface area contributed by atoms with Crippen LogP contribution in [0.5, 0.6) is 0 Å². The number of carbonyl (C=O) groups excluding carboxylic acids is 1. The number of nitrogens with zero attached hydrogens (tertiary/aromatic N) is 1. The van der Waals surface area contributed by atoms with Crippen molar-refractivity contribution in [2.45, 2.75) is 38.5 Å². The summed E-state index contributed by atoms with van der Waals surface area (Å²) in [4.78, 5) is 24.4. The van der Waals surface area contributed by atoms with Gasteiger partial charge in [0.2, 0.25) is 5.91 Å². The minimum absolute atomic E-state index is 0.221. The molecule has 0 saturated carbocycles. The quantitative estimate of drug-likeness (QED) is 0.723. The maximum Gasteiger partial charge on any atom is 0.303 e. The number of aliphatic carboxylic acids is 1. The Morgan fingerprint density at radius 1 is 1.39 bits per heavy atom. The monoisotopic (exact) mass is 273 g/mol. The van der Waals surface area contributed by atoms with Gasteiger partial charge in [-0.3, -0.25) is 9.59 Å². The van der Waals surface area contributed by atoms with Gasteiger partial charge in [-0.1, -0.05) is 0 Å². The zero-order valence-electron chi connectivity index (χ0n) is 11.1. The summed E-state index contributed by atoms with van der Waals surface area (Å²) in [5, 5.41) is 8.68. The molecule has 1 fully saturated rings. The van der Waals surface area contributed by atoms with E-state index in [0.29, 0.717) is 18.8 Å². The van der Waals surface area contributed by atoms with E-state index >= 15 is 0 Å². The average molecular weight is 273 g/mol. The molecule has 1 N–H and O–H groups in total. The second kappa shape index (κ2) is 8.40. The minimum Gasteiger partial charge on any atom is -0.481 e. The van der Waals surface area contributed by atoms with E-state index in [9.17, 15) is 9.59 Å². The highest BCUT2D eigenvalue weighted by Gasteiger charge is 2.23. The number of carboxylic acids is 1. The SMILES string of the molecule is CSCCCC(=O)N1CCCC(CCC(=O)O)C1. The molecule has 1 rings (SSSR count). The van der Waals surface area contributed by atoms with Gasteiger partial charge >= 0.3 is 5.97 Å². The molecule has 0 aromatic carbocycles. The molecule has 0 spiro atoms. The van der Waals surface area contributed by atoms with Crippen molar-refractivity contribution in [1.82, 2.24) is 4.90 Å². The molecule has 4 nitrogen and oxygen atoms in total. The number of carbonyl (C=O) groups is 2. The predicted molar refractivity (Wildman–Crippen MR) is 73.8 cm³/mol. The van der Waals surface area contributed by atoms with E-state index in [0.717, 1.165) is 38.1 Å². The highest BCUT2D eigenvalue weighted by Crippen LogP contribution is 2.21. The number of hydrogen-bond donors (Lipinski definition) is 1. The van der Waals surface area contributed by atoms with E-state index in [1.165, 1.54) is 0 Å². The normalized spacial score (nSPS) is 19.8. The van der Waals surface area contributed by atoms with Gasteiger partial charge in [-0.25, -0.2) is 0 Å². The fourth-order valence-electron chi connectivity index (χ4n) is 2.38. The summed E-state index contributed by atoms with van der Waals surface area (Å²) in [6, 6.07) is 0. The summed E-state index contributed by atoms with van der Waals surface area (Å²) in [6.45, 7) is 1.60. The first-order chi connectivity index (χ1) is 8.63. The molecule has 1 heterocycles. The molecule has 1 saturated heterocycles. The average Bonchev–Trinajstić information content (AvgIpc) is 2.37. The van der Waals surface area contributed by atoms with Crippen LogP contribution in [0.2, 0.25) is 0 Å². The molecule has 1 atom stereocenters. The lowest BCUT2D eigenvalue weighted by Crippen LogP contribution is -2.40. The Morgan fingerprint density at radius 3 is 2.83 bits per heavy atom. The van der Waals surface area contributed by atoms with Crippen LogP contribution in [0.25, 0.3) is 0 Å². The van der Waals surface area contributed by atoms with Crippen LogP contribution < -0.4 is 0 Å². The number of hydrogen-bond acceptors (Lipinski definition) is 3. The number of piperidine rings is 1. The summed E-state index contributed by atoms with van der Waals surface area (Å²) in [6.07, 6.45) is 6.61. The molecular formula is C13H23NO3S. The first kappa shape index (κ1) is 15.3. The van der Waals surface area contributed by atoms with Crippen molar-refractivity contribution in [2.24, 2.45) is 5.92 Å². The number of thioether (sulfide) groups is 1. The van der Waals surface area contributed by atoms with E-state index in [4.69, 9.17) is 5.11 Å². The van der Waals surface area contributed by atoms with Crippen LogP contribution in [-0.2, 0) is 9.59 Å². The first-order valence-corrected chi connectivity index (χ1v) is 8.01. The van der Waals surface area contributed by atoms with Crippen molar-refractivity contribution >= 4 is 23.6 Å². The molecule has 1 amide bonds. The van der Waals surface area contributed by atoms with Gasteiger partial charge in [0, 0.05) is 25.9 Å². The Kier molecular flexibility index (Phi) is 7.16. The topological polar surface area (TPSA) is 57.6 Å². The molecule has 5 heteroatoms. The summed E-state index contributed by atoms with van der Waals surface area (Å²) in [5.41, 5.74) is 0. The Morgan fingerprint density at radius 2 is 2.17 bits per heavy atom. The molecule has 1 aliphatic heterocycles. The summed E-state index contributed by atoms with van der Waals surface area (Å²) < 4.78 is 0. The largest absolute Gasteiger partial charge is 0.481 e. The molecule has 0 bridgehead atoms. The van der Waals surface area contributed by atoms with Crippen LogP contribution >= 0.6 is 11.8 Å². The molecule has 0 radical (unpaired) electrons. The van der Waals surface area contributed by atoms with E-state index in [2.05, 4.69) is 0 Å². The van der Waals surface area contributed by atoms with Crippen LogP contribution in [0, 0.1) is 5.92 Å². The summed E-state index contributed by atoms with van der Waals surface area (Å²) in [5.74, 6) is 0.906. The van der Waals surface area contributed by atoms with E-state index in [-0.39, 0.29) is 12.3 Å². The minimum atomic E-state index is -0.738. The Labute approximate surface area is 113 Å². The summed E-state index contributed by atoms with van der Waals surface area (Å²) in [7, 11) is 0. The fourth-order valence-corrected chi connectivity index (χ4v) is 2.81. The number of likely N-dealkylation sites (tertiary alicyclic amines) is 1. The molecular weight excluding hydrogens is 250 g/mol. The van der Waals surface area contributed by atoms with Crippen LogP contribution in [0.1, 0.15) is 38.5 Å². The molecule has 1 unspecified atom stereocenters. The van der Waals surface area contributed by atoms with Gasteiger partial charge in [0.25, 0.3) is 0 Å². The Hall–Kier alpha value is -0.710. The van der Waals surface area contributed by atoms with Crippen LogP contribution in [-0.4, -0.2) is 47.0 Å². The maximum absolute atomic E-state index is 12.0. The van der Waals surface area contributed by atoms with E-state index in [1.54, 1.807) is 11.8 Å². The third-order valence-corrected chi connectivity index (χ3v) is 4.07. The van der Waals surface area contributed by atoms with Gasteiger partial charge in [-0.15, -0.1) is 0 Å². The van der Waals surface area contributed by atoms with Crippen molar-refractivity contribution in [1.29, 1.82) is 0 Å². The van der Waals surface area contributed by atoms with Gasteiger partial charge in [0.15, 0.2) is 0 Å². The highest BCUT2D eigenvalue weighted by atomic mass is 32.2.